The highest BCUT2D eigenvalue weighted by molar-refractivity contribution is 5.98. The molecular formula is C14H16FN3O. The summed E-state index contributed by atoms with van der Waals surface area (Å²) in [6.07, 6.45) is 1.69. The van der Waals surface area contributed by atoms with Crippen LogP contribution in [0.25, 0.3) is 0 Å². The van der Waals surface area contributed by atoms with E-state index in [0.29, 0.717) is 11.3 Å². The van der Waals surface area contributed by atoms with Crippen molar-refractivity contribution in [1.82, 2.24) is 5.32 Å². The summed E-state index contributed by atoms with van der Waals surface area (Å²) in [5.41, 5.74) is 0.277. The Bertz CT molecular complexity index is 557. The molecule has 0 saturated carbocycles. The van der Waals surface area contributed by atoms with Gasteiger partial charge in [-0.3, -0.25) is 4.79 Å². The Morgan fingerprint density at radius 3 is 2.89 bits per heavy atom. The van der Waals surface area contributed by atoms with Crippen molar-refractivity contribution in [2.24, 2.45) is 0 Å². The summed E-state index contributed by atoms with van der Waals surface area (Å²) in [5.74, 6) is -0.679. The molecule has 0 bridgehead atoms. The summed E-state index contributed by atoms with van der Waals surface area (Å²) < 4.78 is 13.6. The highest BCUT2D eigenvalue weighted by Gasteiger charge is 2.36. The highest BCUT2D eigenvalue weighted by atomic mass is 19.1. The molecule has 1 unspecified atom stereocenters. The summed E-state index contributed by atoms with van der Waals surface area (Å²) in [4.78, 5) is 12.2. The van der Waals surface area contributed by atoms with E-state index in [-0.39, 0.29) is 11.5 Å². The molecule has 2 rings (SSSR count). The molecule has 0 aromatic heterocycles. The number of nitrogens with zero attached hydrogens (tertiary/aromatic N) is 1. The number of carbonyl (C=O) groups excluding carboxylic acids is 1. The predicted octanol–water partition coefficient (Wildman–Crippen LogP) is 2.09. The zero-order chi connectivity index (χ0) is 14.0. The number of nitrogens with one attached hydrogen (secondary N) is 2. The van der Waals surface area contributed by atoms with Crippen molar-refractivity contribution in [3.63, 3.8) is 0 Å². The molecule has 2 N–H and O–H groups in total. The maximum atomic E-state index is 13.6. The maximum absolute atomic E-state index is 13.6. The van der Waals surface area contributed by atoms with Gasteiger partial charge in [0.15, 0.2) is 0 Å². The van der Waals surface area contributed by atoms with E-state index in [9.17, 15) is 9.18 Å². The second kappa shape index (κ2) is 4.98. The van der Waals surface area contributed by atoms with E-state index in [1.54, 1.807) is 6.92 Å². The third-order valence-electron chi connectivity index (χ3n) is 3.59. The van der Waals surface area contributed by atoms with Gasteiger partial charge in [0, 0.05) is 11.3 Å². The van der Waals surface area contributed by atoms with E-state index >= 15 is 0 Å². The van der Waals surface area contributed by atoms with E-state index in [2.05, 4.69) is 10.6 Å². The van der Waals surface area contributed by atoms with E-state index in [4.69, 9.17) is 5.26 Å². The van der Waals surface area contributed by atoms with Crippen molar-refractivity contribution in [2.75, 3.05) is 11.9 Å². The minimum absolute atomic E-state index is 0.192. The fourth-order valence-corrected chi connectivity index (χ4v) is 2.22. The van der Waals surface area contributed by atoms with Crippen LogP contribution in [0.1, 0.15) is 30.9 Å². The van der Waals surface area contributed by atoms with Crippen molar-refractivity contribution in [3.05, 3.63) is 29.1 Å². The van der Waals surface area contributed by atoms with E-state index in [0.717, 1.165) is 19.4 Å². The van der Waals surface area contributed by atoms with Crippen molar-refractivity contribution in [2.45, 2.75) is 32.2 Å². The SMILES string of the molecule is Cc1c(F)cc(C#N)cc1NC(=O)C1(C)CCCN1. The predicted molar refractivity (Wildman–Crippen MR) is 70.1 cm³/mol. The second-order valence-electron chi connectivity index (χ2n) is 5.06. The molecule has 0 spiro atoms. The molecule has 1 aliphatic rings. The molecule has 1 atom stereocenters. The molecular weight excluding hydrogens is 245 g/mol. The quantitative estimate of drug-likeness (QED) is 0.856. The summed E-state index contributed by atoms with van der Waals surface area (Å²) in [6.45, 7) is 4.21. The Hall–Kier alpha value is -1.93. The third kappa shape index (κ3) is 2.59. The molecule has 1 aromatic rings. The first-order valence-corrected chi connectivity index (χ1v) is 6.23. The van der Waals surface area contributed by atoms with Crippen LogP contribution >= 0.6 is 0 Å². The Morgan fingerprint density at radius 1 is 1.58 bits per heavy atom. The molecule has 1 amide bonds. The molecule has 1 heterocycles. The van der Waals surface area contributed by atoms with Gasteiger partial charge >= 0.3 is 0 Å². The summed E-state index contributed by atoms with van der Waals surface area (Å²) in [5, 5.41) is 14.7. The second-order valence-corrected chi connectivity index (χ2v) is 5.06. The van der Waals surface area contributed by atoms with Gasteiger partial charge in [0.25, 0.3) is 0 Å². The Balaban J connectivity index is 2.26. The Labute approximate surface area is 111 Å². The van der Waals surface area contributed by atoms with Crippen molar-refractivity contribution < 1.29 is 9.18 Å². The largest absolute Gasteiger partial charge is 0.324 e. The van der Waals surface area contributed by atoms with Gasteiger partial charge < -0.3 is 10.6 Å². The molecule has 0 aliphatic carbocycles. The topological polar surface area (TPSA) is 64.9 Å². The molecule has 1 aliphatic heterocycles. The lowest BCUT2D eigenvalue weighted by Crippen LogP contribution is -2.48. The van der Waals surface area contributed by atoms with Gasteiger partial charge in [-0.05, 0) is 45.4 Å². The van der Waals surface area contributed by atoms with Gasteiger partial charge in [-0.15, -0.1) is 0 Å². The fourth-order valence-electron chi connectivity index (χ4n) is 2.22. The molecule has 19 heavy (non-hydrogen) atoms. The summed E-state index contributed by atoms with van der Waals surface area (Å²) >= 11 is 0. The van der Waals surface area contributed by atoms with Gasteiger partial charge in [-0.25, -0.2) is 4.39 Å². The van der Waals surface area contributed by atoms with Gasteiger partial charge in [0.05, 0.1) is 17.2 Å². The molecule has 0 radical (unpaired) electrons. The molecule has 4 nitrogen and oxygen atoms in total. The van der Waals surface area contributed by atoms with Crippen LogP contribution in [0.15, 0.2) is 12.1 Å². The van der Waals surface area contributed by atoms with Crippen LogP contribution in [0.5, 0.6) is 0 Å². The zero-order valence-electron chi connectivity index (χ0n) is 11.0. The first-order valence-electron chi connectivity index (χ1n) is 6.23. The third-order valence-corrected chi connectivity index (χ3v) is 3.59. The molecule has 1 fully saturated rings. The van der Waals surface area contributed by atoms with Crippen molar-refractivity contribution >= 4 is 11.6 Å². The zero-order valence-corrected chi connectivity index (χ0v) is 11.0. The maximum Gasteiger partial charge on any atom is 0.244 e. The first kappa shape index (κ1) is 13.5. The van der Waals surface area contributed by atoms with Gasteiger partial charge in [-0.1, -0.05) is 0 Å². The normalized spacial score (nSPS) is 22.0. The van der Waals surface area contributed by atoms with Crippen LogP contribution in [0.4, 0.5) is 10.1 Å². The average molecular weight is 261 g/mol. The van der Waals surface area contributed by atoms with E-state index in [1.165, 1.54) is 12.1 Å². The number of hydrogen-bond acceptors (Lipinski definition) is 3. The minimum Gasteiger partial charge on any atom is -0.324 e. The minimum atomic E-state index is -0.619. The van der Waals surface area contributed by atoms with Crippen LogP contribution in [0.3, 0.4) is 0 Å². The van der Waals surface area contributed by atoms with Gasteiger partial charge in [0.2, 0.25) is 5.91 Å². The van der Waals surface area contributed by atoms with Crippen LogP contribution in [0.2, 0.25) is 0 Å². The number of rotatable bonds is 2. The van der Waals surface area contributed by atoms with Crippen LogP contribution in [-0.4, -0.2) is 18.0 Å². The standard InChI is InChI=1S/C14H16FN3O/c1-9-11(15)6-10(8-16)7-12(9)18-13(19)14(2)4-3-5-17-14/h6-7,17H,3-5H2,1-2H3,(H,18,19). The monoisotopic (exact) mass is 261 g/mol. The van der Waals surface area contributed by atoms with Crippen molar-refractivity contribution in [1.29, 1.82) is 5.26 Å². The number of nitriles is 1. The molecule has 100 valence electrons. The molecule has 1 saturated heterocycles. The lowest BCUT2D eigenvalue weighted by atomic mass is 9.98. The Morgan fingerprint density at radius 2 is 2.32 bits per heavy atom. The lowest BCUT2D eigenvalue weighted by molar-refractivity contribution is -0.121. The number of amides is 1. The number of halogens is 1. The van der Waals surface area contributed by atoms with Crippen LogP contribution < -0.4 is 10.6 Å². The van der Waals surface area contributed by atoms with Crippen molar-refractivity contribution in [3.8, 4) is 6.07 Å². The van der Waals surface area contributed by atoms with E-state index < -0.39 is 11.4 Å². The summed E-state index contributed by atoms with van der Waals surface area (Å²) in [7, 11) is 0. The highest BCUT2D eigenvalue weighted by Crippen LogP contribution is 2.24. The molecule has 1 aromatic carbocycles. The number of hydrogen-bond donors (Lipinski definition) is 2. The van der Waals surface area contributed by atoms with Gasteiger partial charge in [-0.2, -0.15) is 5.26 Å². The fraction of sp³-hybridized carbons (Fsp3) is 0.429. The number of anilines is 1. The van der Waals surface area contributed by atoms with Crippen LogP contribution in [0, 0.1) is 24.1 Å². The number of benzene rings is 1. The Kier molecular flexibility index (Phi) is 3.54. The average Bonchev–Trinajstić information content (AvgIpc) is 2.83. The lowest BCUT2D eigenvalue weighted by Gasteiger charge is -2.23. The van der Waals surface area contributed by atoms with Gasteiger partial charge in [0.1, 0.15) is 5.82 Å². The smallest absolute Gasteiger partial charge is 0.244 e. The van der Waals surface area contributed by atoms with E-state index in [1.807, 2.05) is 13.0 Å². The van der Waals surface area contributed by atoms with Crippen LogP contribution in [-0.2, 0) is 4.79 Å². The first-order chi connectivity index (χ1) is 8.96. The number of carbonyl (C=O) groups is 1. The summed E-state index contributed by atoms with van der Waals surface area (Å²) in [6, 6.07) is 4.54. The molecule has 5 heteroatoms.